The summed E-state index contributed by atoms with van der Waals surface area (Å²) in [5.74, 6) is 0.839. The minimum atomic E-state index is 0. The van der Waals surface area contributed by atoms with Crippen LogP contribution in [-0.4, -0.2) is 0 Å². The van der Waals surface area contributed by atoms with Gasteiger partial charge in [0.1, 0.15) is 0 Å². The van der Waals surface area contributed by atoms with Crippen molar-refractivity contribution in [3.8, 4) is 0 Å². The van der Waals surface area contributed by atoms with Crippen LogP contribution in [0.4, 0.5) is 0 Å². The van der Waals surface area contributed by atoms with Gasteiger partial charge in [-0.3, -0.25) is 0 Å². The van der Waals surface area contributed by atoms with Gasteiger partial charge in [-0.2, -0.15) is 17.7 Å². The van der Waals surface area contributed by atoms with Crippen LogP contribution in [0, 0.1) is 5.92 Å². The second-order valence-electron chi connectivity index (χ2n) is 5.44. The fourth-order valence-electron chi connectivity index (χ4n) is 3.17. The summed E-state index contributed by atoms with van der Waals surface area (Å²) in [5, 5.41) is 0. The summed E-state index contributed by atoms with van der Waals surface area (Å²) in [6.45, 7) is 0. The monoisotopic (exact) mass is 312 g/mol. The van der Waals surface area contributed by atoms with Gasteiger partial charge in [0.05, 0.1) is 0 Å². The normalized spacial score (nSPS) is 19.5. The zero-order valence-corrected chi connectivity index (χ0v) is 12.7. The molecule has 0 radical (unpaired) electrons. The van der Waals surface area contributed by atoms with Crippen molar-refractivity contribution in [2.24, 2.45) is 5.92 Å². The molecule has 2 aromatic rings. The van der Waals surface area contributed by atoms with Crippen LogP contribution in [0.25, 0.3) is 18.2 Å². The van der Waals surface area contributed by atoms with Gasteiger partial charge in [-0.25, -0.2) is 6.08 Å². The Labute approximate surface area is 136 Å². The van der Waals surface area contributed by atoms with Crippen molar-refractivity contribution in [3.63, 3.8) is 0 Å². The molecule has 1 atom stereocenters. The Hall–Kier alpha value is -1.82. The SMILES string of the molecule is C1=Cc2ccc[c-]2C(C2C=C[c-]3[cH-][cH-][cH-][c-]3C=C2)C=C1.[Fe]. The maximum atomic E-state index is 2.33. The summed E-state index contributed by atoms with van der Waals surface area (Å²) in [7, 11) is 0. The molecule has 0 saturated heterocycles. The van der Waals surface area contributed by atoms with Gasteiger partial charge in [-0.05, 0) is 5.92 Å². The minimum Gasteiger partial charge on any atom is -0.642 e. The van der Waals surface area contributed by atoms with E-state index < -0.39 is 0 Å². The molecule has 21 heavy (non-hydrogen) atoms. The minimum absolute atomic E-state index is 0. The second kappa shape index (κ2) is 5.89. The molecule has 0 saturated carbocycles. The van der Waals surface area contributed by atoms with E-state index in [2.05, 4.69) is 85.0 Å². The van der Waals surface area contributed by atoms with Gasteiger partial charge in [0, 0.05) is 17.1 Å². The van der Waals surface area contributed by atoms with E-state index in [0.717, 1.165) is 0 Å². The molecule has 0 nitrogen and oxygen atoms in total. The Morgan fingerprint density at radius 1 is 0.952 bits per heavy atom. The molecule has 0 bridgehead atoms. The first-order valence-electron chi connectivity index (χ1n) is 7.14. The van der Waals surface area contributed by atoms with E-state index in [4.69, 9.17) is 0 Å². The topological polar surface area (TPSA) is 0 Å². The molecule has 2 aliphatic rings. The Morgan fingerprint density at radius 2 is 1.71 bits per heavy atom. The Bertz CT molecular complexity index is 705. The summed E-state index contributed by atoms with van der Waals surface area (Å²) in [4.78, 5) is 0. The molecule has 2 aromatic carbocycles. The van der Waals surface area contributed by atoms with E-state index in [9.17, 15) is 0 Å². The van der Waals surface area contributed by atoms with E-state index >= 15 is 0 Å². The quantitative estimate of drug-likeness (QED) is 0.505. The third kappa shape index (κ3) is 2.55. The van der Waals surface area contributed by atoms with Gasteiger partial charge >= 0.3 is 0 Å². The van der Waals surface area contributed by atoms with Crippen LogP contribution in [0.3, 0.4) is 0 Å². The predicted octanol–water partition coefficient (Wildman–Crippen LogP) is 5.14. The second-order valence-corrected chi connectivity index (χ2v) is 5.44. The van der Waals surface area contributed by atoms with Crippen molar-refractivity contribution in [1.82, 2.24) is 0 Å². The first-order chi connectivity index (χ1) is 9.92. The molecule has 2 aliphatic carbocycles. The van der Waals surface area contributed by atoms with E-state index in [0.29, 0.717) is 11.8 Å². The van der Waals surface area contributed by atoms with Crippen LogP contribution < -0.4 is 0 Å². The third-order valence-corrected chi connectivity index (χ3v) is 4.24. The Kier molecular flexibility index (Phi) is 3.96. The maximum absolute atomic E-state index is 2.33. The van der Waals surface area contributed by atoms with E-state index in [1.807, 2.05) is 0 Å². The summed E-state index contributed by atoms with van der Waals surface area (Å²) < 4.78 is 0. The number of fused-ring (bicyclic) bond motifs is 2. The Morgan fingerprint density at radius 3 is 2.48 bits per heavy atom. The first kappa shape index (κ1) is 14.1. The van der Waals surface area contributed by atoms with Crippen LogP contribution in [0.1, 0.15) is 28.2 Å². The van der Waals surface area contributed by atoms with E-state index in [1.54, 1.807) is 0 Å². The molecular formula is C20H16Fe-6. The molecule has 4 rings (SSSR count). The smallest absolute Gasteiger partial charge is 0 e. The Balaban J connectivity index is 0.00000132. The van der Waals surface area contributed by atoms with Crippen molar-refractivity contribution in [3.05, 3.63) is 89.0 Å². The van der Waals surface area contributed by atoms with Gasteiger partial charge < -0.3 is 47.6 Å². The average Bonchev–Trinajstić information content (AvgIpc) is 3.01. The average molecular weight is 312 g/mol. The van der Waals surface area contributed by atoms with E-state index in [-0.39, 0.29) is 17.1 Å². The van der Waals surface area contributed by atoms with Gasteiger partial charge in [0.15, 0.2) is 0 Å². The fraction of sp³-hybridized carbons (Fsp3) is 0.100. The predicted molar refractivity (Wildman–Crippen MR) is 86.5 cm³/mol. The van der Waals surface area contributed by atoms with Crippen LogP contribution in [-0.2, 0) is 17.1 Å². The zero-order valence-electron chi connectivity index (χ0n) is 11.6. The summed E-state index contributed by atoms with van der Waals surface area (Å²) in [6, 6.07) is 13.1. The molecule has 0 heterocycles. The van der Waals surface area contributed by atoms with Crippen molar-refractivity contribution in [2.45, 2.75) is 5.92 Å². The molecular weight excluding hydrogens is 296 g/mol. The van der Waals surface area contributed by atoms with Gasteiger partial charge in [0.25, 0.3) is 0 Å². The number of hydrogen-bond acceptors (Lipinski definition) is 0. The third-order valence-electron chi connectivity index (χ3n) is 4.24. The molecule has 110 valence electrons. The molecule has 0 aromatic heterocycles. The number of rotatable bonds is 1. The van der Waals surface area contributed by atoms with Gasteiger partial charge in [-0.1, -0.05) is 12.2 Å². The molecule has 1 heteroatoms. The molecule has 0 fully saturated rings. The van der Waals surface area contributed by atoms with Crippen LogP contribution >= 0.6 is 0 Å². The largest absolute Gasteiger partial charge is 0.642 e. The zero-order chi connectivity index (χ0) is 13.4. The fourth-order valence-corrected chi connectivity index (χ4v) is 3.17. The summed E-state index contributed by atoms with van der Waals surface area (Å²) in [5.41, 5.74) is 5.42. The molecule has 1 unspecified atom stereocenters. The molecule has 0 amide bonds. The first-order valence-corrected chi connectivity index (χ1v) is 7.14. The number of allylic oxidation sites excluding steroid dienone is 5. The maximum Gasteiger partial charge on any atom is 0 e. The molecule has 0 aliphatic heterocycles. The number of hydrogen-bond donors (Lipinski definition) is 0. The van der Waals surface area contributed by atoms with Crippen LogP contribution in [0.15, 0.2) is 66.8 Å². The van der Waals surface area contributed by atoms with E-state index in [1.165, 1.54) is 22.3 Å². The van der Waals surface area contributed by atoms with Crippen molar-refractivity contribution in [1.29, 1.82) is 0 Å². The van der Waals surface area contributed by atoms with Crippen LogP contribution in [0.5, 0.6) is 0 Å². The molecule has 0 spiro atoms. The molecule has 0 N–H and O–H groups in total. The standard InChI is InChI=1S/C20H16.Fe/c1-2-9-19(20-10-4-8-17(20)5-1)18-13-11-15-6-3-7-16(15)12-14-18;/h1-14,18-19H;/q-6;. The summed E-state index contributed by atoms with van der Waals surface area (Å²) in [6.07, 6.45) is 18.0. The van der Waals surface area contributed by atoms with Gasteiger partial charge in [-0.15, -0.1) is 29.7 Å². The van der Waals surface area contributed by atoms with Crippen molar-refractivity contribution >= 4 is 18.2 Å². The van der Waals surface area contributed by atoms with Gasteiger partial charge in [0.2, 0.25) is 0 Å². The van der Waals surface area contributed by atoms with Crippen LogP contribution in [0.2, 0.25) is 0 Å². The van der Waals surface area contributed by atoms with Crippen molar-refractivity contribution in [2.75, 3.05) is 0 Å². The summed E-state index contributed by atoms with van der Waals surface area (Å²) >= 11 is 0. The van der Waals surface area contributed by atoms with Crippen molar-refractivity contribution < 1.29 is 17.1 Å².